The van der Waals surface area contributed by atoms with Gasteiger partial charge in [0, 0.05) is 25.2 Å². The lowest BCUT2D eigenvalue weighted by Gasteiger charge is -2.38. The molecule has 1 saturated heterocycles. The van der Waals surface area contributed by atoms with Crippen molar-refractivity contribution in [3.05, 3.63) is 89.9 Å². The standard InChI is InChI=1S/C23H23FN2O/c24-20-11-9-18(10-12-20)22-8-4-7-21(25-22)17-26-15-13-23(27,14-16-26)19-5-2-1-3-6-19/h1-12,27H,13-17H2. The van der Waals surface area contributed by atoms with E-state index in [1.165, 1.54) is 12.1 Å². The molecule has 0 radical (unpaired) electrons. The number of hydrogen-bond donors (Lipinski definition) is 1. The number of likely N-dealkylation sites (tertiary alicyclic amines) is 1. The number of nitrogens with zero attached hydrogens (tertiary/aromatic N) is 2. The lowest BCUT2D eigenvalue weighted by molar-refractivity contribution is -0.0279. The van der Waals surface area contributed by atoms with Gasteiger partial charge in [-0.15, -0.1) is 0 Å². The Morgan fingerprint density at radius 3 is 2.30 bits per heavy atom. The van der Waals surface area contributed by atoms with Crippen LogP contribution < -0.4 is 0 Å². The third-order valence-electron chi connectivity index (χ3n) is 5.33. The Bertz CT molecular complexity index is 888. The molecule has 0 bridgehead atoms. The minimum Gasteiger partial charge on any atom is -0.385 e. The normalized spacial score (nSPS) is 17.0. The lowest BCUT2D eigenvalue weighted by atomic mass is 9.84. The Morgan fingerprint density at radius 2 is 1.59 bits per heavy atom. The van der Waals surface area contributed by atoms with Gasteiger partial charge in [0.05, 0.1) is 17.0 Å². The molecule has 0 saturated carbocycles. The summed E-state index contributed by atoms with van der Waals surface area (Å²) in [6.45, 7) is 2.40. The zero-order valence-electron chi connectivity index (χ0n) is 15.2. The first-order chi connectivity index (χ1) is 13.1. The van der Waals surface area contributed by atoms with E-state index in [9.17, 15) is 9.50 Å². The summed E-state index contributed by atoms with van der Waals surface area (Å²) in [5.74, 6) is -0.242. The van der Waals surface area contributed by atoms with E-state index >= 15 is 0 Å². The number of halogens is 1. The largest absolute Gasteiger partial charge is 0.385 e. The number of aromatic nitrogens is 1. The Balaban J connectivity index is 1.42. The van der Waals surface area contributed by atoms with Crippen molar-refractivity contribution in [3.63, 3.8) is 0 Å². The van der Waals surface area contributed by atoms with Crippen molar-refractivity contribution in [2.75, 3.05) is 13.1 Å². The maximum atomic E-state index is 13.1. The molecule has 1 aliphatic heterocycles. The number of piperidine rings is 1. The second-order valence-electron chi connectivity index (χ2n) is 7.19. The van der Waals surface area contributed by atoms with Gasteiger partial charge in [-0.1, -0.05) is 36.4 Å². The minimum atomic E-state index is -0.735. The second-order valence-corrected chi connectivity index (χ2v) is 7.19. The molecule has 1 aromatic heterocycles. The Kier molecular flexibility index (Phi) is 5.01. The summed E-state index contributed by atoms with van der Waals surface area (Å²) in [4.78, 5) is 7.06. The smallest absolute Gasteiger partial charge is 0.123 e. The maximum absolute atomic E-state index is 13.1. The quantitative estimate of drug-likeness (QED) is 0.749. The van der Waals surface area contributed by atoms with Crippen LogP contribution in [0.1, 0.15) is 24.1 Å². The molecule has 0 aliphatic carbocycles. The molecule has 27 heavy (non-hydrogen) atoms. The van der Waals surface area contributed by atoms with Crippen molar-refractivity contribution in [1.29, 1.82) is 0 Å². The van der Waals surface area contributed by atoms with Gasteiger partial charge in [-0.2, -0.15) is 0 Å². The van der Waals surface area contributed by atoms with Crippen molar-refractivity contribution < 1.29 is 9.50 Å². The van der Waals surface area contributed by atoms with Crippen LogP contribution in [0.3, 0.4) is 0 Å². The number of aliphatic hydroxyl groups is 1. The predicted molar refractivity (Wildman–Crippen MR) is 104 cm³/mol. The first kappa shape index (κ1) is 17.8. The van der Waals surface area contributed by atoms with Crippen LogP contribution >= 0.6 is 0 Å². The molecular weight excluding hydrogens is 339 g/mol. The number of benzene rings is 2. The lowest BCUT2D eigenvalue weighted by Crippen LogP contribution is -2.42. The van der Waals surface area contributed by atoms with Gasteiger partial charge >= 0.3 is 0 Å². The molecule has 0 unspecified atom stereocenters. The van der Waals surface area contributed by atoms with E-state index in [-0.39, 0.29) is 5.82 Å². The topological polar surface area (TPSA) is 36.4 Å². The van der Waals surface area contributed by atoms with Gasteiger partial charge in [-0.3, -0.25) is 9.88 Å². The highest BCUT2D eigenvalue weighted by Gasteiger charge is 2.33. The van der Waals surface area contributed by atoms with E-state index < -0.39 is 5.60 Å². The van der Waals surface area contributed by atoms with Gasteiger partial charge in [-0.25, -0.2) is 4.39 Å². The monoisotopic (exact) mass is 362 g/mol. The van der Waals surface area contributed by atoms with Gasteiger partial charge in [0.2, 0.25) is 0 Å². The molecule has 1 N–H and O–H groups in total. The van der Waals surface area contributed by atoms with Crippen molar-refractivity contribution in [2.24, 2.45) is 0 Å². The van der Waals surface area contributed by atoms with Crippen molar-refractivity contribution in [3.8, 4) is 11.3 Å². The van der Waals surface area contributed by atoms with Gasteiger partial charge < -0.3 is 5.11 Å². The van der Waals surface area contributed by atoms with Crippen LogP contribution in [0.4, 0.5) is 4.39 Å². The fourth-order valence-electron chi connectivity index (χ4n) is 3.70. The Hall–Kier alpha value is -2.56. The molecular formula is C23H23FN2O. The molecule has 0 amide bonds. The second kappa shape index (κ2) is 7.59. The highest BCUT2D eigenvalue weighted by atomic mass is 19.1. The first-order valence-electron chi connectivity index (χ1n) is 9.35. The van der Waals surface area contributed by atoms with E-state index in [0.29, 0.717) is 12.8 Å². The Morgan fingerprint density at radius 1 is 0.889 bits per heavy atom. The molecule has 0 spiro atoms. The van der Waals surface area contributed by atoms with Crippen LogP contribution in [-0.2, 0) is 12.1 Å². The van der Waals surface area contributed by atoms with Crippen LogP contribution in [0.5, 0.6) is 0 Å². The molecule has 0 atom stereocenters. The SMILES string of the molecule is OC1(c2ccccc2)CCN(Cc2cccc(-c3ccc(F)cc3)n2)CC1. The molecule has 138 valence electrons. The average Bonchev–Trinajstić information content (AvgIpc) is 2.71. The van der Waals surface area contributed by atoms with Crippen LogP contribution in [-0.4, -0.2) is 28.1 Å². The van der Waals surface area contributed by atoms with Crippen LogP contribution in [0, 0.1) is 5.82 Å². The van der Waals surface area contributed by atoms with E-state index in [1.54, 1.807) is 12.1 Å². The minimum absolute atomic E-state index is 0.242. The van der Waals surface area contributed by atoms with E-state index in [4.69, 9.17) is 4.98 Å². The molecule has 3 aromatic rings. The van der Waals surface area contributed by atoms with E-state index in [0.717, 1.165) is 42.1 Å². The molecule has 4 heteroatoms. The molecule has 2 heterocycles. The summed E-state index contributed by atoms with van der Waals surface area (Å²) in [6, 6.07) is 22.3. The summed E-state index contributed by atoms with van der Waals surface area (Å²) in [6.07, 6.45) is 1.43. The highest BCUT2D eigenvalue weighted by Crippen LogP contribution is 2.33. The molecule has 1 aliphatic rings. The van der Waals surface area contributed by atoms with Crippen LogP contribution in [0.15, 0.2) is 72.8 Å². The number of rotatable bonds is 4. The predicted octanol–water partition coefficient (Wildman–Crippen LogP) is 4.37. The number of hydrogen-bond acceptors (Lipinski definition) is 3. The fraction of sp³-hybridized carbons (Fsp3) is 0.261. The van der Waals surface area contributed by atoms with E-state index in [2.05, 4.69) is 4.90 Å². The van der Waals surface area contributed by atoms with Gasteiger partial charge in [0.15, 0.2) is 0 Å². The third kappa shape index (κ3) is 4.07. The van der Waals surface area contributed by atoms with Crippen molar-refractivity contribution in [2.45, 2.75) is 25.0 Å². The zero-order valence-corrected chi connectivity index (χ0v) is 15.2. The van der Waals surface area contributed by atoms with Gasteiger partial charge in [0.1, 0.15) is 5.82 Å². The summed E-state index contributed by atoms with van der Waals surface area (Å²) in [7, 11) is 0. The zero-order chi connectivity index (χ0) is 18.7. The maximum Gasteiger partial charge on any atom is 0.123 e. The highest BCUT2D eigenvalue weighted by molar-refractivity contribution is 5.58. The van der Waals surface area contributed by atoms with E-state index in [1.807, 2.05) is 48.5 Å². The van der Waals surface area contributed by atoms with Gasteiger partial charge in [0.25, 0.3) is 0 Å². The summed E-state index contributed by atoms with van der Waals surface area (Å²) >= 11 is 0. The summed E-state index contributed by atoms with van der Waals surface area (Å²) in [5, 5.41) is 11.0. The average molecular weight is 362 g/mol. The fourth-order valence-corrected chi connectivity index (χ4v) is 3.70. The molecule has 2 aromatic carbocycles. The molecule has 1 fully saturated rings. The summed E-state index contributed by atoms with van der Waals surface area (Å²) < 4.78 is 13.1. The van der Waals surface area contributed by atoms with Crippen LogP contribution in [0.25, 0.3) is 11.3 Å². The van der Waals surface area contributed by atoms with Crippen molar-refractivity contribution >= 4 is 0 Å². The van der Waals surface area contributed by atoms with Gasteiger partial charge in [-0.05, 0) is 54.8 Å². The first-order valence-corrected chi connectivity index (χ1v) is 9.35. The van der Waals surface area contributed by atoms with Crippen molar-refractivity contribution in [1.82, 2.24) is 9.88 Å². The Labute approximate surface area is 159 Å². The number of pyridine rings is 1. The van der Waals surface area contributed by atoms with Crippen LogP contribution in [0.2, 0.25) is 0 Å². The molecule has 3 nitrogen and oxygen atoms in total. The molecule has 4 rings (SSSR count). The summed E-state index contributed by atoms with van der Waals surface area (Å²) in [5.41, 5.74) is 3.02. The third-order valence-corrected chi connectivity index (χ3v) is 5.33.